The molecular weight excluding hydrogens is 286 g/mol. The minimum absolute atomic E-state index is 0.323. The van der Waals surface area contributed by atoms with E-state index in [2.05, 4.69) is 31.9 Å². The Bertz CT molecular complexity index is 235. The molecule has 0 fully saturated rings. The Kier molecular flexibility index (Phi) is 2.72. The molecule has 0 N–H and O–H groups in total. The van der Waals surface area contributed by atoms with Crippen molar-refractivity contribution in [2.75, 3.05) is 0 Å². The second-order valence-corrected chi connectivity index (χ2v) is 3.65. The molecule has 0 aliphatic carbocycles. The van der Waals surface area contributed by atoms with Crippen LogP contribution in [0.3, 0.4) is 0 Å². The fourth-order valence-corrected chi connectivity index (χ4v) is 1.44. The van der Waals surface area contributed by atoms with Gasteiger partial charge in [0, 0.05) is 0 Å². The molecule has 10 heavy (non-hydrogen) atoms. The van der Waals surface area contributed by atoms with Crippen LogP contribution in [0.2, 0.25) is 5.02 Å². The number of halogens is 4. The third kappa shape index (κ3) is 1.52. The molecule has 0 saturated carbocycles. The van der Waals surface area contributed by atoms with E-state index in [4.69, 9.17) is 11.6 Å². The number of benzene rings is 1. The van der Waals surface area contributed by atoms with Gasteiger partial charge in [-0.05, 0) is 44.0 Å². The number of rotatable bonds is 0. The fraction of sp³-hybridized carbons (Fsp3) is 0. The Balaban J connectivity index is 3.34. The predicted octanol–water partition coefficient (Wildman–Crippen LogP) is 4.00. The molecule has 0 heterocycles. The maximum Gasteiger partial charge on any atom is 0.138 e. The minimum atomic E-state index is -0.323. The first-order chi connectivity index (χ1) is 4.63. The molecule has 0 saturated heterocycles. The van der Waals surface area contributed by atoms with Crippen molar-refractivity contribution in [3.8, 4) is 0 Å². The third-order valence-corrected chi connectivity index (χ3v) is 3.66. The van der Waals surface area contributed by atoms with Crippen LogP contribution in [0.25, 0.3) is 0 Å². The van der Waals surface area contributed by atoms with Crippen molar-refractivity contribution in [3.63, 3.8) is 0 Å². The molecule has 0 amide bonds. The first-order valence-corrected chi connectivity index (χ1v) is 4.38. The summed E-state index contributed by atoms with van der Waals surface area (Å²) < 4.78 is 13.5. The van der Waals surface area contributed by atoms with Crippen LogP contribution >= 0.6 is 43.5 Å². The van der Waals surface area contributed by atoms with Crippen molar-refractivity contribution in [2.24, 2.45) is 0 Å². The van der Waals surface area contributed by atoms with Gasteiger partial charge < -0.3 is 0 Å². The van der Waals surface area contributed by atoms with Crippen LogP contribution in [-0.4, -0.2) is 0 Å². The summed E-state index contributed by atoms with van der Waals surface area (Å²) in [4.78, 5) is 0. The summed E-state index contributed by atoms with van der Waals surface area (Å²) in [5, 5.41) is 0.494. The molecule has 1 aromatic carbocycles. The molecule has 1 rings (SSSR count). The van der Waals surface area contributed by atoms with Crippen LogP contribution in [-0.2, 0) is 0 Å². The Morgan fingerprint density at radius 2 is 1.80 bits per heavy atom. The third-order valence-electron chi connectivity index (χ3n) is 0.988. The average molecular weight is 288 g/mol. The molecule has 0 aromatic heterocycles. The highest BCUT2D eigenvalue weighted by atomic mass is 79.9. The highest BCUT2D eigenvalue weighted by molar-refractivity contribution is 9.13. The van der Waals surface area contributed by atoms with Crippen LogP contribution in [0.1, 0.15) is 0 Å². The lowest BCUT2D eigenvalue weighted by Gasteiger charge is -1.98. The van der Waals surface area contributed by atoms with Crippen molar-refractivity contribution in [1.82, 2.24) is 0 Å². The fourth-order valence-electron chi connectivity index (χ4n) is 0.502. The predicted molar refractivity (Wildman–Crippen MR) is 46.8 cm³/mol. The lowest BCUT2D eigenvalue weighted by atomic mass is 10.3. The molecule has 0 unspecified atom stereocenters. The SMILES string of the molecule is Fc1ccc(Cl)c(Br)c1Br. The molecule has 4 heteroatoms. The summed E-state index contributed by atoms with van der Waals surface area (Å²) in [6.45, 7) is 0. The van der Waals surface area contributed by atoms with E-state index in [1.165, 1.54) is 12.1 Å². The summed E-state index contributed by atoms with van der Waals surface area (Å²) in [5.74, 6) is -0.323. The van der Waals surface area contributed by atoms with Gasteiger partial charge in [0.25, 0.3) is 0 Å². The summed E-state index contributed by atoms with van der Waals surface area (Å²) in [6, 6.07) is 2.79. The molecule has 0 bridgehead atoms. The Morgan fingerprint density at radius 3 is 2.30 bits per heavy atom. The van der Waals surface area contributed by atoms with E-state index in [9.17, 15) is 4.39 Å². The molecule has 54 valence electrons. The molecule has 0 spiro atoms. The Labute approximate surface area is 79.6 Å². The maximum absolute atomic E-state index is 12.6. The molecule has 0 aliphatic rings. The van der Waals surface area contributed by atoms with Crippen molar-refractivity contribution in [1.29, 1.82) is 0 Å². The molecule has 0 radical (unpaired) electrons. The molecule has 0 nitrogen and oxygen atoms in total. The zero-order chi connectivity index (χ0) is 7.72. The zero-order valence-corrected chi connectivity index (χ0v) is 8.59. The van der Waals surface area contributed by atoms with Gasteiger partial charge in [-0.1, -0.05) is 11.6 Å². The summed E-state index contributed by atoms with van der Waals surface area (Å²) in [5.41, 5.74) is 0. The zero-order valence-electron chi connectivity index (χ0n) is 4.67. The molecule has 1 aromatic rings. The van der Waals surface area contributed by atoms with E-state index >= 15 is 0 Å². The normalized spacial score (nSPS) is 10.0. The highest BCUT2D eigenvalue weighted by Gasteiger charge is 2.05. The molecule has 0 aliphatic heterocycles. The summed E-state index contributed by atoms with van der Waals surface area (Å²) in [6.07, 6.45) is 0. The maximum atomic E-state index is 12.6. The van der Waals surface area contributed by atoms with Gasteiger partial charge in [0.2, 0.25) is 0 Å². The highest BCUT2D eigenvalue weighted by Crippen LogP contribution is 2.32. The standard InChI is InChI=1S/C6H2Br2ClF/c7-5-3(9)1-2-4(10)6(5)8/h1-2H. The van der Waals surface area contributed by atoms with Gasteiger partial charge in [-0.15, -0.1) is 0 Å². The van der Waals surface area contributed by atoms with E-state index in [0.717, 1.165) is 0 Å². The largest absolute Gasteiger partial charge is 0.206 e. The minimum Gasteiger partial charge on any atom is -0.206 e. The second-order valence-electron chi connectivity index (χ2n) is 1.66. The van der Waals surface area contributed by atoms with Crippen molar-refractivity contribution in [2.45, 2.75) is 0 Å². The quantitative estimate of drug-likeness (QED) is 0.500. The lowest BCUT2D eigenvalue weighted by molar-refractivity contribution is 0.620. The van der Waals surface area contributed by atoms with Crippen LogP contribution in [0.4, 0.5) is 4.39 Å². The van der Waals surface area contributed by atoms with Gasteiger partial charge in [0.05, 0.1) is 14.0 Å². The Morgan fingerprint density at radius 1 is 1.20 bits per heavy atom. The summed E-state index contributed by atoms with van der Waals surface area (Å²) >= 11 is 11.8. The van der Waals surface area contributed by atoms with E-state index in [0.29, 0.717) is 14.0 Å². The van der Waals surface area contributed by atoms with Gasteiger partial charge in [0.1, 0.15) is 5.82 Å². The van der Waals surface area contributed by atoms with Gasteiger partial charge in [-0.2, -0.15) is 0 Å². The van der Waals surface area contributed by atoms with Gasteiger partial charge in [-0.25, -0.2) is 4.39 Å². The van der Waals surface area contributed by atoms with Gasteiger partial charge in [-0.3, -0.25) is 0 Å². The van der Waals surface area contributed by atoms with Gasteiger partial charge >= 0.3 is 0 Å². The topological polar surface area (TPSA) is 0 Å². The van der Waals surface area contributed by atoms with Gasteiger partial charge in [0.15, 0.2) is 0 Å². The first kappa shape index (κ1) is 8.50. The smallest absolute Gasteiger partial charge is 0.138 e. The molecular formula is C6H2Br2ClF. The van der Waals surface area contributed by atoms with Crippen LogP contribution in [0, 0.1) is 5.82 Å². The van der Waals surface area contributed by atoms with Crippen molar-refractivity contribution in [3.05, 3.63) is 31.9 Å². The first-order valence-electron chi connectivity index (χ1n) is 2.42. The average Bonchev–Trinajstić information content (AvgIpc) is 1.93. The monoisotopic (exact) mass is 286 g/mol. The number of hydrogen-bond acceptors (Lipinski definition) is 0. The van der Waals surface area contributed by atoms with Crippen LogP contribution < -0.4 is 0 Å². The van der Waals surface area contributed by atoms with E-state index < -0.39 is 0 Å². The Hall–Kier alpha value is 0.400. The van der Waals surface area contributed by atoms with E-state index in [-0.39, 0.29) is 5.82 Å². The van der Waals surface area contributed by atoms with Crippen LogP contribution in [0.5, 0.6) is 0 Å². The van der Waals surface area contributed by atoms with E-state index in [1.807, 2.05) is 0 Å². The van der Waals surface area contributed by atoms with Crippen LogP contribution in [0.15, 0.2) is 21.1 Å². The van der Waals surface area contributed by atoms with Crippen molar-refractivity contribution < 1.29 is 4.39 Å². The lowest BCUT2D eigenvalue weighted by Crippen LogP contribution is -1.78. The summed E-state index contributed by atoms with van der Waals surface area (Å²) in [7, 11) is 0. The second kappa shape index (κ2) is 3.20. The van der Waals surface area contributed by atoms with E-state index in [1.54, 1.807) is 0 Å². The number of hydrogen-bond donors (Lipinski definition) is 0. The van der Waals surface area contributed by atoms with Crippen molar-refractivity contribution >= 4 is 43.5 Å². The molecule has 0 atom stereocenters.